The second-order valence-corrected chi connectivity index (χ2v) is 11.5. The first kappa shape index (κ1) is 25.8. The number of methoxy groups -OCH3 is 1. The zero-order valence-corrected chi connectivity index (χ0v) is 23.5. The minimum atomic E-state index is -0.794. The maximum absolute atomic E-state index is 12.0. The zero-order chi connectivity index (χ0) is 27.1. The van der Waals surface area contributed by atoms with E-state index in [1.54, 1.807) is 7.11 Å². The molecule has 6 heteroatoms. The number of hydrogen-bond acceptors (Lipinski definition) is 6. The number of aryl methyl sites for hydroxylation is 2. The first-order valence-electron chi connectivity index (χ1n) is 13.4. The fourth-order valence-electron chi connectivity index (χ4n) is 5.81. The summed E-state index contributed by atoms with van der Waals surface area (Å²) >= 11 is 1.88. The number of benzene rings is 3. The molecule has 0 spiro atoms. The Bertz CT molecular complexity index is 1450. The van der Waals surface area contributed by atoms with Crippen LogP contribution in [0.5, 0.6) is 0 Å². The molecule has 2 saturated heterocycles. The van der Waals surface area contributed by atoms with Gasteiger partial charge in [0.25, 0.3) is 0 Å². The number of fused-ring (bicyclic) bond motifs is 1. The van der Waals surface area contributed by atoms with Gasteiger partial charge in [0, 0.05) is 29.6 Å². The van der Waals surface area contributed by atoms with Crippen molar-refractivity contribution in [2.24, 2.45) is 0 Å². The number of rotatable bonds is 5. The number of para-hydroxylation sites is 2. The van der Waals surface area contributed by atoms with E-state index in [-0.39, 0.29) is 16.8 Å². The van der Waals surface area contributed by atoms with E-state index >= 15 is 0 Å². The van der Waals surface area contributed by atoms with Crippen molar-refractivity contribution < 1.29 is 14.3 Å². The molecule has 0 saturated carbocycles. The molecule has 0 bridgehead atoms. The number of ether oxygens (including phenoxy) is 1. The summed E-state index contributed by atoms with van der Waals surface area (Å²) in [5, 5.41) is 12.3. The summed E-state index contributed by atoms with van der Waals surface area (Å²) in [6.45, 7) is 6.30. The number of aliphatic hydroxyl groups is 1. The molecule has 1 N–H and O–H groups in total. The third-order valence-electron chi connectivity index (χ3n) is 7.76. The van der Waals surface area contributed by atoms with E-state index in [0.717, 1.165) is 28.3 Å². The lowest BCUT2D eigenvalue weighted by atomic mass is 9.96. The van der Waals surface area contributed by atoms with Gasteiger partial charge < -0.3 is 24.1 Å². The van der Waals surface area contributed by atoms with Crippen LogP contribution in [0.15, 0.2) is 101 Å². The van der Waals surface area contributed by atoms with E-state index in [1.165, 1.54) is 11.1 Å². The number of thioether (sulfide) groups is 1. The number of furan rings is 1. The highest BCUT2D eigenvalue weighted by Gasteiger charge is 2.55. The quantitative estimate of drug-likeness (QED) is 0.274. The van der Waals surface area contributed by atoms with Gasteiger partial charge in [-0.1, -0.05) is 54.6 Å². The number of nitrogens with zero attached hydrogens (tertiary/aromatic N) is 2. The summed E-state index contributed by atoms with van der Waals surface area (Å²) in [5.74, 6) is 1.51. The lowest BCUT2D eigenvalue weighted by Gasteiger charge is -2.43. The molecule has 5 atom stereocenters. The van der Waals surface area contributed by atoms with Gasteiger partial charge in [-0.3, -0.25) is 0 Å². The van der Waals surface area contributed by atoms with Gasteiger partial charge >= 0.3 is 0 Å². The summed E-state index contributed by atoms with van der Waals surface area (Å²) in [5.41, 5.74) is 6.37. The summed E-state index contributed by atoms with van der Waals surface area (Å²) in [7, 11) is 1.72. The van der Waals surface area contributed by atoms with Crippen LogP contribution in [0.25, 0.3) is 17.4 Å². The van der Waals surface area contributed by atoms with Crippen molar-refractivity contribution >= 4 is 29.2 Å². The van der Waals surface area contributed by atoms with Crippen LogP contribution in [0.3, 0.4) is 0 Å². The molecule has 4 aromatic rings. The van der Waals surface area contributed by atoms with Gasteiger partial charge in [-0.15, -0.1) is 11.8 Å². The maximum atomic E-state index is 12.0. The smallest absolute Gasteiger partial charge is 0.156 e. The topological polar surface area (TPSA) is 49.1 Å². The molecule has 0 aliphatic carbocycles. The van der Waals surface area contributed by atoms with E-state index in [1.807, 2.05) is 54.2 Å². The normalized spacial score (nSPS) is 25.8. The summed E-state index contributed by atoms with van der Waals surface area (Å²) < 4.78 is 12.6. The van der Waals surface area contributed by atoms with Crippen molar-refractivity contribution in [1.29, 1.82) is 0 Å². The minimum Gasteiger partial charge on any atom is -0.457 e. The van der Waals surface area contributed by atoms with E-state index in [2.05, 4.69) is 85.2 Å². The molecule has 5 unspecified atom stereocenters. The first-order valence-corrected chi connectivity index (χ1v) is 14.3. The number of anilines is 2. The van der Waals surface area contributed by atoms with Crippen LogP contribution >= 0.6 is 11.8 Å². The summed E-state index contributed by atoms with van der Waals surface area (Å²) in [6.07, 6.45) is 0.718. The Morgan fingerprint density at radius 2 is 1.38 bits per heavy atom. The van der Waals surface area contributed by atoms with Gasteiger partial charge in [0.15, 0.2) is 6.23 Å². The van der Waals surface area contributed by atoms with Gasteiger partial charge in [0.1, 0.15) is 22.3 Å². The largest absolute Gasteiger partial charge is 0.457 e. The highest BCUT2D eigenvalue weighted by atomic mass is 32.2. The third-order valence-corrected chi connectivity index (χ3v) is 8.98. The van der Waals surface area contributed by atoms with Gasteiger partial charge in [-0.05, 0) is 74.4 Å². The van der Waals surface area contributed by atoms with E-state index in [0.29, 0.717) is 5.76 Å². The van der Waals surface area contributed by atoms with E-state index in [4.69, 9.17) is 9.15 Å². The average molecular weight is 539 g/mol. The molecule has 5 nitrogen and oxygen atoms in total. The molecular formula is C33H34N2O3S. The SMILES string of the molecule is COC1/C(=C\c2ccc(-c3c(C)cccc3C)o2)C(O)C(C)N(c2ccccc2)C2SC2N1c1ccccc1. The van der Waals surface area contributed by atoms with Crippen molar-refractivity contribution in [3.05, 3.63) is 113 Å². The molecule has 2 aliphatic heterocycles. The van der Waals surface area contributed by atoms with Crippen molar-refractivity contribution in [2.45, 2.75) is 49.9 Å². The minimum absolute atomic E-state index is 0.165. The Morgan fingerprint density at radius 3 is 2.00 bits per heavy atom. The van der Waals surface area contributed by atoms with Crippen LogP contribution < -0.4 is 9.80 Å². The van der Waals surface area contributed by atoms with Crippen molar-refractivity contribution in [1.82, 2.24) is 0 Å². The number of hydrogen-bond donors (Lipinski definition) is 1. The van der Waals surface area contributed by atoms with Crippen molar-refractivity contribution in [3.8, 4) is 11.3 Å². The molecule has 1 aromatic heterocycles. The zero-order valence-electron chi connectivity index (χ0n) is 22.7. The Kier molecular flexibility index (Phi) is 7.02. The monoisotopic (exact) mass is 538 g/mol. The van der Waals surface area contributed by atoms with Gasteiger partial charge in [0.2, 0.25) is 0 Å². The van der Waals surface area contributed by atoms with Crippen LogP contribution in [0.2, 0.25) is 0 Å². The van der Waals surface area contributed by atoms with E-state index in [9.17, 15) is 5.11 Å². The molecule has 3 aromatic carbocycles. The molecular weight excluding hydrogens is 504 g/mol. The van der Waals surface area contributed by atoms with Crippen LogP contribution in [0.4, 0.5) is 11.4 Å². The summed E-state index contributed by atoms with van der Waals surface area (Å²) in [4.78, 5) is 4.64. The lowest BCUT2D eigenvalue weighted by molar-refractivity contribution is 0.0830. The predicted octanol–water partition coefficient (Wildman–Crippen LogP) is 7.09. The van der Waals surface area contributed by atoms with Crippen LogP contribution in [-0.4, -0.2) is 41.3 Å². The second-order valence-electron chi connectivity index (χ2n) is 10.3. The van der Waals surface area contributed by atoms with Crippen LogP contribution in [-0.2, 0) is 4.74 Å². The fraction of sp³-hybridized carbons (Fsp3) is 0.273. The van der Waals surface area contributed by atoms with Gasteiger partial charge in [-0.2, -0.15) is 0 Å². The van der Waals surface area contributed by atoms with Gasteiger partial charge in [-0.25, -0.2) is 0 Å². The highest BCUT2D eigenvalue weighted by Crippen LogP contribution is 2.53. The molecule has 0 radical (unpaired) electrons. The molecule has 0 amide bonds. The average Bonchev–Trinajstić information content (AvgIpc) is 3.57. The Morgan fingerprint density at radius 1 is 0.795 bits per heavy atom. The first-order chi connectivity index (χ1) is 19.0. The fourth-order valence-corrected chi connectivity index (χ4v) is 7.07. The van der Waals surface area contributed by atoms with Crippen LogP contribution in [0, 0.1) is 13.8 Å². The third kappa shape index (κ3) is 4.78. The Hall–Kier alpha value is -3.45. The molecule has 2 fully saturated rings. The predicted molar refractivity (Wildman–Crippen MR) is 161 cm³/mol. The van der Waals surface area contributed by atoms with Crippen molar-refractivity contribution in [2.75, 3.05) is 16.9 Å². The molecule has 6 rings (SSSR count). The number of aliphatic hydroxyl groups excluding tert-OH is 1. The summed E-state index contributed by atoms with van der Waals surface area (Å²) in [6, 6.07) is 30.8. The standard InChI is InChI=1S/C33H34N2O3S/c1-21-12-11-13-22(2)29(21)28-19-18-26(38-28)20-27-30(36)23(3)34(24-14-7-5-8-15-24)32-33(39-32)35(31(27)37-4)25-16-9-6-10-17-25/h5-20,23,30-33,36H,1-4H3/b27-20-. The molecule has 2 aliphatic rings. The highest BCUT2D eigenvalue weighted by molar-refractivity contribution is 8.08. The Labute approximate surface area is 234 Å². The molecule has 39 heavy (non-hydrogen) atoms. The van der Waals surface area contributed by atoms with Crippen molar-refractivity contribution in [3.63, 3.8) is 0 Å². The lowest BCUT2D eigenvalue weighted by Crippen LogP contribution is -2.55. The molecule has 200 valence electrons. The van der Waals surface area contributed by atoms with E-state index < -0.39 is 12.3 Å². The Balaban J connectivity index is 1.46. The van der Waals surface area contributed by atoms with Gasteiger partial charge in [0.05, 0.1) is 12.1 Å². The molecule has 3 heterocycles. The second kappa shape index (κ2) is 10.6. The maximum Gasteiger partial charge on any atom is 0.156 e. The van der Waals surface area contributed by atoms with Crippen LogP contribution in [0.1, 0.15) is 23.8 Å².